The Morgan fingerprint density at radius 2 is 2.08 bits per heavy atom. The molecule has 1 aliphatic heterocycles. The summed E-state index contributed by atoms with van der Waals surface area (Å²) >= 11 is 0. The number of non-ortho nitro benzene ring substituents is 1. The van der Waals surface area contributed by atoms with Gasteiger partial charge in [0.1, 0.15) is 12.1 Å². The van der Waals surface area contributed by atoms with Crippen LogP contribution in [0.2, 0.25) is 0 Å². The molecule has 4 amide bonds. The number of urea groups is 1. The first-order valence-corrected chi connectivity index (χ1v) is 7.81. The first-order chi connectivity index (χ1) is 11.6. The second kappa shape index (κ2) is 6.88. The van der Waals surface area contributed by atoms with E-state index in [1.807, 2.05) is 13.8 Å². The predicted octanol–water partition coefficient (Wildman–Crippen LogP) is 1.13. The molecule has 0 bridgehead atoms. The summed E-state index contributed by atoms with van der Waals surface area (Å²) in [6.45, 7) is 5.34. The van der Waals surface area contributed by atoms with Gasteiger partial charge in [0.15, 0.2) is 0 Å². The van der Waals surface area contributed by atoms with Crippen molar-refractivity contribution in [1.29, 1.82) is 0 Å². The standard InChI is InChI=1S/C16H20N4O5/c1-10(2)8-17-13(21)9-19-14(22)16(3,18-15(19)23)11-5-4-6-12(7-11)20(24)25/h4-7,10H,8-9H2,1-3H3,(H,17,21)(H,18,23). The number of amides is 4. The molecule has 9 heteroatoms. The maximum atomic E-state index is 12.7. The number of nitrogens with zero attached hydrogens (tertiary/aromatic N) is 2. The van der Waals surface area contributed by atoms with Crippen molar-refractivity contribution in [2.75, 3.05) is 13.1 Å². The summed E-state index contributed by atoms with van der Waals surface area (Å²) < 4.78 is 0. The molecule has 1 saturated heterocycles. The molecule has 1 aliphatic rings. The third-order valence-electron chi connectivity index (χ3n) is 3.92. The highest BCUT2D eigenvalue weighted by Crippen LogP contribution is 2.30. The molecule has 0 saturated carbocycles. The number of carbonyl (C=O) groups excluding carboxylic acids is 3. The number of nitrogens with one attached hydrogen (secondary N) is 2. The zero-order valence-corrected chi connectivity index (χ0v) is 14.2. The molecule has 1 aromatic rings. The van der Waals surface area contributed by atoms with Gasteiger partial charge in [-0.15, -0.1) is 0 Å². The van der Waals surface area contributed by atoms with Crippen molar-refractivity contribution >= 4 is 23.5 Å². The van der Waals surface area contributed by atoms with Crippen molar-refractivity contribution in [3.8, 4) is 0 Å². The fraction of sp³-hybridized carbons (Fsp3) is 0.438. The second-order valence-electron chi connectivity index (χ2n) is 6.45. The smallest absolute Gasteiger partial charge is 0.325 e. The Morgan fingerprint density at radius 1 is 1.40 bits per heavy atom. The number of imide groups is 1. The molecule has 0 radical (unpaired) electrons. The summed E-state index contributed by atoms with van der Waals surface area (Å²) in [4.78, 5) is 47.9. The van der Waals surface area contributed by atoms with Crippen LogP contribution in [0, 0.1) is 16.0 Å². The van der Waals surface area contributed by atoms with E-state index in [2.05, 4.69) is 10.6 Å². The van der Waals surface area contributed by atoms with Crippen molar-refractivity contribution < 1.29 is 19.3 Å². The molecule has 1 fully saturated rings. The number of hydrogen-bond acceptors (Lipinski definition) is 5. The van der Waals surface area contributed by atoms with Crippen LogP contribution in [0.15, 0.2) is 24.3 Å². The predicted molar refractivity (Wildman–Crippen MR) is 88.5 cm³/mol. The van der Waals surface area contributed by atoms with Gasteiger partial charge in [0, 0.05) is 18.7 Å². The highest BCUT2D eigenvalue weighted by Gasteiger charge is 2.49. The lowest BCUT2D eigenvalue weighted by Crippen LogP contribution is -2.43. The van der Waals surface area contributed by atoms with E-state index in [4.69, 9.17) is 0 Å². The second-order valence-corrected chi connectivity index (χ2v) is 6.45. The molecule has 0 aliphatic carbocycles. The Balaban J connectivity index is 2.20. The van der Waals surface area contributed by atoms with Gasteiger partial charge in [0.25, 0.3) is 11.6 Å². The Labute approximate surface area is 144 Å². The third kappa shape index (κ3) is 3.76. The number of rotatable bonds is 6. The first kappa shape index (κ1) is 18.4. The van der Waals surface area contributed by atoms with Gasteiger partial charge < -0.3 is 10.6 Å². The van der Waals surface area contributed by atoms with Gasteiger partial charge in [-0.3, -0.25) is 24.6 Å². The van der Waals surface area contributed by atoms with Gasteiger partial charge in [0.05, 0.1) is 4.92 Å². The van der Waals surface area contributed by atoms with Crippen LogP contribution in [0.25, 0.3) is 0 Å². The van der Waals surface area contributed by atoms with Crippen molar-refractivity contribution in [2.45, 2.75) is 26.3 Å². The lowest BCUT2D eigenvalue weighted by atomic mass is 9.91. The third-order valence-corrected chi connectivity index (χ3v) is 3.92. The molecule has 2 rings (SSSR count). The maximum absolute atomic E-state index is 12.7. The molecule has 1 atom stereocenters. The van der Waals surface area contributed by atoms with E-state index >= 15 is 0 Å². The van der Waals surface area contributed by atoms with Crippen LogP contribution < -0.4 is 10.6 Å². The van der Waals surface area contributed by atoms with Crippen molar-refractivity contribution in [3.05, 3.63) is 39.9 Å². The van der Waals surface area contributed by atoms with Crippen LogP contribution in [0.1, 0.15) is 26.3 Å². The van der Waals surface area contributed by atoms with Crippen LogP contribution in [-0.2, 0) is 15.1 Å². The molecule has 1 unspecified atom stereocenters. The summed E-state index contributed by atoms with van der Waals surface area (Å²) in [5.74, 6) is -0.833. The van der Waals surface area contributed by atoms with E-state index in [-0.39, 0.29) is 17.2 Å². The van der Waals surface area contributed by atoms with E-state index in [1.54, 1.807) is 0 Å². The van der Waals surface area contributed by atoms with Crippen molar-refractivity contribution in [2.24, 2.45) is 5.92 Å². The van der Waals surface area contributed by atoms with E-state index in [0.717, 1.165) is 4.90 Å². The van der Waals surface area contributed by atoms with E-state index in [9.17, 15) is 24.5 Å². The van der Waals surface area contributed by atoms with Gasteiger partial charge in [-0.1, -0.05) is 26.0 Å². The average Bonchev–Trinajstić information content (AvgIpc) is 2.77. The highest BCUT2D eigenvalue weighted by molar-refractivity contribution is 6.09. The summed E-state index contributed by atoms with van der Waals surface area (Å²) in [6, 6.07) is 4.79. The van der Waals surface area contributed by atoms with Gasteiger partial charge in [-0.05, 0) is 18.4 Å². The van der Waals surface area contributed by atoms with E-state index in [0.29, 0.717) is 6.54 Å². The molecule has 25 heavy (non-hydrogen) atoms. The molecule has 9 nitrogen and oxygen atoms in total. The van der Waals surface area contributed by atoms with Crippen molar-refractivity contribution in [1.82, 2.24) is 15.5 Å². The maximum Gasteiger partial charge on any atom is 0.325 e. The van der Waals surface area contributed by atoms with Crippen molar-refractivity contribution in [3.63, 3.8) is 0 Å². The molecule has 134 valence electrons. The first-order valence-electron chi connectivity index (χ1n) is 7.81. The normalized spacial score (nSPS) is 19.9. The summed E-state index contributed by atoms with van der Waals surface area (Å²) in [5, 5.41) is 16.1. The lowest BCUT2D eigenvalue weighted by Gasteiger charge is -2.22. The Bertz CT molecular complexity index is 733. The zero-order chi connectivity index (χ0) is 18.8. The molecule has 0 aromatic heterocycles. The Hall–Kier alpha value is -2.97. The van der Waals surface area contributed by atoms with E-state index < -0.39 is 34.9 Å². The molecule has 1 aromatic carbocycles. The van der Waals surface area contributed by atoms with Crippen LogP contribution in [0.3, 0.4) is 0 Å². The molecular formula is C16H20N4O5. The molecule has 0 spiro atoms. The fourth-order valence-corrected chi connectivity index (χ4v) is 2.48. The Morgan fingerprint density at radius 3 is 2.68 bits per heavy atom. The number of benzene rings is 1. The van der Waals surface area contributed by atoms with Crippen LogP contribution in [0.5, 0.6) is 0 Å². The molecular weight excluding hydrogens is 328 g/mol. The van der Waals surface area contributed by atoms with Gasteiger partial charge >= 0.3 is 6.03 Å². The fourth-order valence-electron chi connectivity index (χ4n) is 2.48. The minimum atomic E-state index is -1.46. The number of nitro benzene ring substituents is 1. The zero-order valence-electron chi connectivity index (χ0n) is 14.2. The quantitative estimate of drug-likeness (QED) is 0.453. The van der Waals surface area contributed by atoms with Crippen LogP contribution in [0.4, 0.5) is 10.5 Å². The van der Waals surface area contributed by atoms with Gasteiger partial charge in [0.2, 0.25) is 5.91 Å². The van der Waals surface area contributed by atoms with Gasteiger partial charge in [-0.25, -0.2) is 4.79 Å². The summed E-state index contributed by atoms with van der Waals surface area (Å²) in [7, 11) is 0. The lowest BCUT2D eigenvalue weighted by molar-refractivity contribution is -0.385. The monoisotopic (exact) mass is 348 g/mol. The number of carbonyl (C=O) groups is 3. The summed E-state index contributed by atoms with van der Waals surface area (Å²) in [6.07, 6.45) is 0. The molecule has 2 N–H and O–H groups in total. The highest BCUT2D eigenvalue weighted by atomic mass is 16.6. The topological polar surface area (TPSA) is 122 Å². The average molecular weight is 348 g/mol. The minimum absolute atomic E-state index is 0.186. The SMILES string of the molecule is CC(C)CNC(=O)CN1C(=O)NC(C)(c2cccc([N+](=O)[O-])c2)C1=O. The van der Waals surface area contributed by atoms with Crippen LogP contribution >= 0.6 is 0 Å². The summed E-state index contributed by atoms with van der Waals surface area (Å²) in [5.41, 5.74) is -1.36. The largest absolute Gasteiger partial charge is 0.354 e. The number of nitro groups is 1. The minimum Gasteiger partial charge on any atom is -0.354 e. The van der Waals surface area contributed by atoms with E-state index in [1.165, 1.54) is 31.2 Å². The van der Waals surface area contributed by atoms with Gasteiger partial charge in [-0.2, -0.15) is 0 Å². The molecule has 1 heterocycles. The number of hydrogen-bond donors (Lipinski definition) is 2. The van der Waals surface area contributed by atoms with Crippen LogP contribution in [-0.4, -0.2) is 40.8 Å². The Kier molecular flexibility index (Phi) is 5.05.